The van der Waals surface area contributed by atoms with Gasteiger partial charge in [-0.25, -0.2) is 4.68 Å². The third kappa shape index (κ3) is 4.74. The van der Waals surface area contributed by atoms with Gasteiger partial charge >= 0.3 is 0 Å². The second kappa shape index (κ2) is 7.87. The minimum absolute atomic E-state index is 0.0531. The van der Waals surface area contributed by atoms with Gasteiger partial charge in [0.25, 0.3) is 5.91 Å². The lowest BCUT2D eigenvalue weighted by Crippen LogP contribution is -2.20. The number of hydrogen-bond acceptors (Lipinski definition) is 5. The summed E-state index contributed by atoms with van der Waals surface area (Å²) in [5.41, 5.74) is 2.69. The third-order valence-electron chi connectivity index (χ3n) is 3.42. The number of aromatic nitrogens is 3. The van der Waals surface area contributed by atoms with Crippen LogP contribution in [0.5, 0.6) is 5.75 Å². The highest BCUT2D eigenvalue weighted by atomic mass is 16.5. The Morgan fingerprint density at radius 2 is 1.88 bits per heavy atom. The summed E-state index contributed by atoms with van der Waals surface area (Å²) in [5.74, 6) is 0.411. The van der Waals surface area contributed by atoms with Gasteiger partial charge in [0, 0.05) is 5.69 Å². The molecular formula is C18H17N5O2. The van der Waals surface area contributed by atoms with Crippen LogP contribution < -0.4 is 10.1 Å². The zero-order valence-corrected chi connectivity index (χ0v) is 13.7. The Morgan fingerprint density at radius 1 is 1.16 bits per heavy atom. The van der Waals surface area contributed by atoms with Crippen LogP contribution in [0.15, 0.2) is 66.3 Å². The van der Waals surface area contributed by atoms with E-state index in [0.717, 1.165) is 16.8 Å². The van der Waals surface area contributed by atoms with Gasteiger partial charge in [0.2, 0.25) is 0 Å². The van der Waals surface area contributed by atoms with Crippen molar-refractivity contribution in [3.63, 3.8) is 0 Å². The number of hydrogen-bond donors (Lipinski definition) is 1. The van der Waals surface area contributed by atoms with Gasteiger partial charge in [-0.3, -0.25) is 4.79 Å². The lowest BCUT2D eigenvalue weighted by Gasteiger charge is -2.09. The molecule has 0 fully saturated rings. The first-order chi connectivity index (χ1) is 12.2. The largest absolute Gasteiger partial charge is 0.484 e. The molecule has 0 saturated carbocycles. The number of aryl methyl sites for hydroxylation is 1. The Labute approximate surface area is 145 Å². The first-order valence-electron chi connectivity index (χ1n) is 7.68. The molecule has 1 heterocycles. The fourth-order valence-corrected chi connectivity index (χ4v) is 2.09. The van der Waals surface area contributed by atoms with Crippen LogP contribution in [0.1, 0.15) is 11.1 Å². The lowest BCUT2D eigenvalue weighted by molar-refractivity contribution is -0.118. The first kappa shape index (κ1) is 16.4. The maximum atomic E-state index is 12.0. The number of benzene rings is 2. The molecule has 25 heavy (non-hydrogen) atoms. The monoisotopic (exact) mass is 335 g/mol. The average Bonchev–Trinajstić information content (AvgIpc) is 3.15. The normalized spacial score (nSPS) is 10.8. The predicted octanol–water partition coefficient (Wildman–Crippen LogP) is 2.49. The third-order valence-corrected chi connectivity index (χ3v) is 3.42. The summed E-state index contributed by atoms with van der Waals surface area (Å²) < 4.78 is 7.00. The minimum atomic E-state index is -0.201. The number of amides is 1. The molecule has 1 amide bonds. The molecule has 0 spiro atoms. The van der Waals surface area contributed by atoms with Gasteiger partial charge in [-0.05, 0) is 48.4 Å². The number of ether oxygens (including phenoxy) is 1. The van der Waals surface area contributed by atoms with Crippen LogP contribution in [0.25, 0.3) is 0 Å². The van der Waals surface area contributed by atoms with Gasteiger partial charge < -0.3 is 10.1 Å². The topological polar surface area (TPSA) is 81.4 Å². The summed E-state index contributed by atoms with van der Waals surface area (Å²) >= 11 is 0. The van der Waals surface area contributed by atoms with Gasteiger partial charge in [-0.2, -0.15) is 5.10 Å². The quantitative estimate of drug-likeness (QED) is 0.702. The Kier molecular flexibility index (Phi) is 5.16. The zero-order valence-electron chi connectivity index (χ0n) is 13.7. The van der Waals surface area contributed by atoms with Crippen molar-refractivity contribution in [2.24, 2.45) is 5.10 Å². The Bertz CT molecular complexity index is 857. The van der Waals surface area contributed by atoms with Gasteiger partial charge in [-0.1, -0.05) is 18.2 Å². The Hall–Kier alpha value is -3.48. The fourth-order valence-electron chi connectivity index (χ4n) is 2.09. The van der Waals surface area contributed by atoms with Crippen molar-refractivity contribution < 1.29 is 9.53 Å². The second-order valence-electron chi connectivity index (χ2n) is 5.31. The molecule has 0 unspecified atom stereocenters. The van der Waals surface area contributed by atoms with Crippen LogP contribution in [0, 0.1) is 6.92 Å². The molecule has 0 radical (unpaired) electrons. The summed E-state index contributed by atoms with van der Waals surface area (Å²) in [5, 5.41) is 14.3. The Morgan fingerprint density at radius 3 is 2.60 bits per heavy atom. The molecule has 0 aliphatic heterocycles. The fraction of sp³-hybridized carbons (Fsp3) is 0.111. The number of rotatable bonds is 6. The highest BCUT2D eigenvalue weighted by Crippen LogP contribution is 2.14. The molecule has 0 saturated heterocycles. The SMILES string of the molecule is Cc1ccccc1NC(=O)COc1ccc(C=Nn2cnnc2)cc1. The van der Waals surface area contributed by atoms with Crippen LogP contribution in [-0.4, -0.2) is 33.6 Å². The van der Waals surface area contributed by atoms with E-state index in [-0.39, 0.29) is 12.5 Å². The number of carbonyl (C=O) groups excluding carboxylic acids is 1. The van der Waals surface area contributed by atoms with E-state index in [4.69, 9.17) is 4.74 Å². The van der Waals surface area contributed by atoms with Crippen LogP contribution in [0.2, 0.25) is 0 Å². The molecule has 0 bridgehead atoms. The zero-order chi connectivity index (χ0) is 17.5. The minimum Gasteiger partial charge on any atom is -0.484 e. The number of para-hydroxylation sites is 1. The van der Waals surface area contributed by atoms with Crippen LogP contribution >= 0.6 is 0 Å². The summed E-state index contributed by atoms with van der Waals surface area (Å²) in [6.45, 7) is 1.89. The van der Waals surface area contributed by atoms with Crippen molar-refractivity contribution in [1.82, 2.24) is 14.9 Å². The van der Waals surface area contributed by atoms with Crippen molar-refractivity contribution in [2.75, 3.05) is 11.9 Å². The molecule has 3 rings (SSSR count). The van der Waals surface area contributed by atoms with E-state index in [1.165, 1.54) is 17.3 Å². The molecule has 2 aromatic carbocycles. The van der Waals surface area contributed by atoms with Crippen LogP contribution in [-0.2, 0) is 4.79 Å². The molecule has 0 aliphatic carbocycles. The lowest BCUT2D eigenvalue weighted by atomic mass is 10.2. The summed E-state index contributed by atoms with van der Waals surface area (Å²) in [4.78, 5) is 12.0. The van der Waals surface area contributed by atoms with E-state index in [0.29, 0.717) is 5.75 Å². The van der Waals surface area contributed by atoms with Gasteiger partial charge in [0.05, 0.1) is 6.21 Å². The maximum Gasteiger partial charge on any atom is 0.262 e. The molecule has 3 aromatic rings. The molecular weight excluding hydrogens is 318 g/mol. The highest BCUT2D eigenvalue weighted by Gasteiger charge is 2.05. The van der Waals surface area contributed by atoms with Gasteiger partial charge in [0.15, 0.2) is 6.61 Å². The number of anilines is 1. The van der Waals surface area contributed by atoms with E-state index in [2.05, 4.69) is 20.6 Å². The Balaban J connectivity index is 1.51. The van der Waals surface area contributed by atoms with E-state index < -0.39 is 0 Å². The van der Waals surface area contributed by atoms with Crippen LogP contribution in [0.3, 0.4) is 0 Å². The van der Waals surface area contributed by atoms with Gasteiger partial charge in [-0.15, -0.1) is 10.2 Å². The molecule has 7 heteroatoms. The molecule has 0 atom stereocenters. The standard InChI is InChI=1S/C18H17N5O2/c1-14-4-2-3-5-17(14)22-18(24)11-25-16-8-6-15(7-9-16)10-21-23-12-19-20-13-23/h2-10,12-13H,11H2,1H3,(H,22,24). The van der Waals surface area contributed by atoms with E-state index in [1.807, 2.05) is 43.3 Å². The summed E-state index contributed by atoms with van der Waals surface area (Å²) in [7, 11) is 0. The number of carbonyl (C=O) groups is 1. The highest BCUT2D eigenvalue weighted by molar-refractivity contribution is 5.92. The van der Waals surface area contributed by atoms with E-state index in [1.54, 1.807) is 18.3 Å². The summed E-state index contributed by atoms with van der Waals surface area (Å²) in [6.07, 6.45) is 4.68. The first-order valence-corrected chi connectivity index (χ1v) is 7.68. The second-order valence-corrected chi connectivity index (χ2v) is 5.31. The van der Waals surface area contributed by atoms with Crippen molar-refractivity contribution >= 4 is 17.8 Å². The van der Waals surface area contributed by atoms with Crippen molar-refractivity contribution in [3.05, 3.63) is 72.3 Å². The summed E-state index contributed by atoms with van der Waals surface area (Å²) in [6, 6.07) is 14.9. The number of nitrogens with one attached hydrogen (secondary N) is 1. The molecule has 1 aromatic heterocycles. The van der Waals surface area contributed by atoms with Crippen molar-refractivity contribution in [1.29, 1.82) is 0 Å². The molecule has 1 N–H and O–H groups in total. The van der Waals surface area contributed by atoms with Crippen molar-refractivity contribution in [2.45, 2.75) is 6.92 Å². The molecule has 126 valence electrons. The molecule has 7 nitrogen and oxygen atoms in total. The molecule has 0 aliphatic rings. The average molecular weight is 335 g/mol. The maximum absolute atomic E-state index is 12.0. The van der Waals surface area contributed by atoms with E-state index in [9.17, 15) is 4.79 Å². The predicted molar refractivity (Wildman–Crippen MR) is 94.8 cm³/mol. The van der Waals surface area contributed by atoms with Crippen LogP contribution in [0.4, 0.5) is 5.69 Å². The van der Waals surface area contributed by atoms with Crippen molar-refractivity contribution in [3.8, 4) is 5.75 Å². The van der Waals surface area contributed by atoms with Gasteiger partial charge in [0.1, 0.15) is 18.4 Å². The smallest absolute Gasteiger partial charge is 0.262 e. The van der Waals surface area contributed by atoms with E-state index >= 15 is 0 Å². The number of nitrogens with zero attached hydrogens (tertiary/aromatic N) is 4.